The largest absolute Gasteiger partial charge is 0.504 e. The van der Waals surface area contributed by atoms with Gasteiger partial charge in [-0.1, -0.05) is 24.3 Å². The Kier molecular flexibility index (Phi) is 3.76. The molecule has 102 valence electrons. The van der Waals surface area contributed by atoms with E-state index < -0.39 is 11.9 Å². The summed E-state index contributed by atoms with van der Waals surface area (Å²) in [5.41, 5.74) is 0.317. The Morgan fingerprint density at radius 2 is 2.00 bits per heavy atom. The van der Waals surface area contributed by atoms with Gasteiger partial charge in [-0.3, -0.25) is 4.79 Å². The number of benzene rings is 2. The summed E-state index contributed by atoms with van der Waals surface area (Å²) in [6.45, 7) is 1.82. The first-order chi connectivity index (χ1) is 9.60. The van der Waals surface area contributed by atoms with Gasteiger partial charge in [0.15, 0.2) is 17.4 Å². The molecular weight excluding hydrogens is 258 g/mol. The van der Waals surface area contributed by atoms with Gasteiger partial charge < -0.3 is 14.9 Å². The number of nitrogens with zero attached hydrogens (tertiary/aromatic N) is 1. The molecule has 20 heavy (non-hydrogen) atoms. The van der Waals surface area contributed by atoms with Crippen molar-refractivity contribution in [2.75, 3.05) is 6.61 Å². The first-order valence-electron chi connectivity index (χ1n) is 6.10. The molecule has 0 aliphatic heterocycles. The van der Waals surface area contributed by atoms with Crippen LogP contribution in [0.2, 0.25) is 0 Å². The Hall–Kier alpha value is -2.74. The molecule has 0 aromatic heterocycles. The number of ether oxygens (including phenoxy) is 1. The van der Waals surface area contributed by atoms with Gasteiger partial charge in [-0.05, 0) is 23.9 Å². The third kappa shape index (κ3) is 2.24. The molecule has 2 rings (SSSR count). The molecule has 2 N–H and O–H groups in total. The van der Waals surface area contributed by atoms with Crippen molar-refractivity contribution in [3.05, 3.63) is 35.9 Å². The van der Waals surface area contributed by atoms with Gasteiger partial charge in [-0.25, -0.2) is 0 Å². The van der Waals surface area contributed by atoms with E-state index in [1.807, 2.05) is 6.07 Å². The van der Waals surface area contributed by atoms with Gasteiger partial charge in [0.2, 0.25) is 0 Å². The van der Waals surface area contributed by atoms with Crippen molar-refractivity contribution in [1.82, 2.24) is 0 Å². The molecule has 1 unspecified atom stereocenters. The molecular formula is C15H13NO4. The molecule has 0 bridgehead atoms. The molecule has 5 nitrogen and oxygen atoms in total. The standard InChI is InChI=1S/C15H13NO4/c1-2-20-15(19)12(8-16)11-7-13(17)14(18)10-6-4-3-5-9(10)11/h3-7,12,17-18H,2H2,1H3. The summed E-state index contributed by atoms with van der Waals surface area (Å²) >= 11 is 0. The predicted molar refractivity (Wildman–Crippen MR) is 72.3 cm³/mol. The minimum atomic E-state index is -1.15. The fourth-order valence-corrected chi connectivity index (χ4v) is 2.09. The lowest BCUT2D eigenvalue weighted by molar-refractivity contribution is -0.143. The first kappa shape index (κ1) is 13.7. The second kappa shape index (κ2) is 5.49. The molecule has 0 radical (unpaired) electrons. The first-order valence-corrected chi connectivity index (χ1v) is 6.10. The zero-order valence-corrected chi connectivity index (χ0v) is 10.8. The average molecular weight is 271 g/mol. The van der Waals surface area contributed by atoms with Crippen molar-refractivity contribution in [2.24, 2.45) is 0 Å². The third-order valence-corrected chi connectivity index (χ3v) is 2.99. The SMILES string of the molecule is CCOC(=O)C(C#N)c1cc(O)c(O)c2ccccc12. The molecule has 0 saturated carbocycles. The fraction of sp³-hybridized carbons (Fsp3) is 0.200. The van der Waals surface area contributed by atoms with Crippen LogP contribution in [0.1, 0.15) is 18.4 Å². The van der Waals surface area contributed by atoms with Crippen LogP contribution in [0.3, 0.4) is 0 Å². The number of hydrogen-bond acceptors (Lipinski definition) is 5. The van der Waals surface area contributed by atoms with E-state index in [1.165, 1.54) is 6.07 Å². The van der Waals surface area contributed by atoms with Crippen LogP contribution in [0.4, 0.5) is 0 Å². The maximum atomic E-state index is 11.8. The second-order valence-corrected chi connectivity index (χ2v) is 4.19. The van der Waals surface area contributed by atoms with E-state index in [1.54, 1.807) is 31.2 Å². The van der Waals surface area contributed by atoms with Gasteiger partial charge in [0, 0.05) is 5.39 Å². The van der Waals surface area contributed by atoms with Crippen LogP contribution >= 0.6 is 0 Å². The lowest BCUT2D eigenvalue weighted by atomic mass is 9.93. The highest BCUT2D eigenvalue weighted by Crippen LogP contribution is 2.38. The van der Waals surface area contributed by atoms with Crippen LogP contribution < -0.4 is 0 Å². The summed E-state index contributed by atoms with van der Waals surface area (Å²) in [6, 6.07) is 9.79. The Labute approximate surface area is 115 Å². The number of aromatic hydroxyl groups is 2. The van der Waals surface area contributed by atoms with Gasteiger partial charge in [-0.2, -0.15) is 5.26 Å². The minimum Gasteiger partial charge on any atom is -0.504 e. The molecule has 0 heterocycles. The average Bonchev–Trinajstić information content (AvgIpc) is 2.45. The summed E-state index contributed by atoms with van der Waals surface area (Å²) in [6.07, 6.45) is 0. The smallest absolute Gasteiger partial charge is 0.327 e. The van der Waals surface area contributed by atoms with Gasteiger partial charge in [0.1, 0.15) is 0 Å². The number of rotatable bonds is 3. The Balaban J connectivity index is 2.68. The highest BCUT2D eigenvalue weighted by Gasteiger charge is 2.25. The Bertz CT molecular complexity index is 703. The number of phenols is 2. The van der Waals surface area contributed by atoms with Crippen LogP contribution in [0.5, 0.6) is 11.5 Å². The Morgan fingerprint density at radius 3 is 2.60 bits per heavy atom. The predicted octanol–water partition coefficient (Wildman–Crippen LogP) is 2.42. The van der Waals surface area contributed by atoms with E-state index in [4.69, 9.17) is 4.74 Å². The highest BCUT2D eigenvalue weighted by molar-refractivity contribution is 5.97. The van der Waals surface area contributed by atoms with E-state index >= 15 is 0 Å². The summed E-state index contributed by atoms with van der Waals surface area (Å²) in [5.74, 6) is -2.47. The number of esters is 1. The molecule has 1 atom stereocenters. The van der Waals surface area contributed by atoms with Crippen molar-refractivity contribution in [3.8, 4) is 17.6 Å². The zero-order valence-electron chi connectivity index (χ0n) is 10.8. The molecule has 0 aliphatic rings. The van der Waals surface area contributed by atoms with Crippen LogP contribution in [0.25, 0.3) is 10.8 Å². The van der Waals surface area contributed by atoms with Gasteiger partial charge in [0.25, 0.3) is 0 Å². The molecule has 2 aromatic carbocycles. The highest BCUT2D eigenvalue weighted by atomic mass is 16.5. The molecule has 0 saturated heterocycles. The van der Waals surface area contributed by atoms with E-state index in [0.29, 0.717) is 16.3 Å². The Morgan fingerprint density at radius 1 is 1.35 bits per heavy atom. The summed E-state index contributed by atoms with van der Waals surface area (Å²) in [5, 5.41) is 29.7. The lowest BCUT2D eigenvalue weighted by Crippen LogP contribution is -2.14. The second-order valence-electron chi connectivity index (χ2n) is 4.19. The van der Waals surface area contributed by atoms with Crippen LogP contribution in [-0.4, -0.2) is 22.8 Å². The number of fused-ring (bicyclic) bond motifs is 1. The number of hydrogen-bond donors (Lipinski definition) is 2. The number of carbonyl (C=O) groups is 1. The van der Waals surface area contributed by atoms with Crippen LogP contribution in [0.15, 0.2) is 30.3 Å². The molecule has 5 heteroatoms. The number of carbonyl (C=O) groups excluding carboxylic acids is 1. The van der Waals surface area contributed by atoms with Crippen LogP contribution in [0, 0.1) is 11.3 Å². The van der Waals surface area contributed by atoms with Gasteiger partial charge in [0.05, 0.1) is 12.7 Å². The maximum absolute atomic E-state index is 11.8. The van der Waals surface area contributed by atoms with Crippen molar-refractivity contribution in [1.29, 1.82) is 5.26 Å². The van der Waals surface area contributed by atoms with Gasteiger partial charge in [-0.15, -0.1) is 0 Å². The van der Waals surface area contributed by atoms with E-state index in [9.17, 15) is 20.3 Å². The normalized spacial score (nSPS) is 11.8. The van der Waals surface area contributed by atoms with Crippen molar-refractivity contribution in [3.63, 3.8) is 0 Å². The van der Waals surface area contributed by atoms with Crippen molar-refractivity contribution >= 4 is 16.7 Å². The summed E-state index contributed by atoms with van der Waals surface area (Å²) in [4.78, 5) is 11.8. The number of nitriles is 1. The van der Waals surface area contributed by atoms with Crippen LogP contribution in [-0.2, 0) is 9.53 Å². The summed E-state index contributed by atoms with van der Waals surface area (Å²) in [7, 11) is 0. The molecule has 0 amide bonds. The lowest BCUT2D eigenvalue weighted by Gasteiger charge is -2.13. The summed E-state index contributed by atoms with van der Waals surface area (Å²) < 4.78 is 4.86. The van der Waals surface area contributed by atoms with E-state index in [0.717, 1.165) is 0 Å². The van der Waals surface area contributed by atoms with E-state index in [-0.39, 0.29) is 18.1 Å². The van der Waals surface area contributed by atoms with Crippen molar-refractivity contribution < 1.29 is 19.7 Å². The van der Waals surface area contributed by atoms with Crippen molar-refractivity contribution in [2.45, 2.75) is 12.8 Å². The molecule has 0 fully saturated rings. The molecule has 2 aromatic rings. The number of phenolic OH excluding ortho intramolecular Hbond substituents is 2. The van der Waals surface area contributed by atoms with E-state index in [2.05, 4.69) is 0 Å². The maximum Gasteiger partial charge on any atom is 0.327 e. The molecule has 0 spiro atoms. The minimum absolute atomic E-state index is 0.166. The monoisotopic (exact) mass is 271 g/mol. The quantitative estimate of drug-likeness (QED) is 0.660. The third-order valence-electron chi connectivity index (χ3n) is 2.99. The zero-order chi connectivity index (χ0) is 14.7. The fourth-order valence-electron chi connectivity index (χ4n) is 2.09. The topological polar surface area (TPSA) is 90.6 Å². The molecule has 0 aliphatic carbocycles. The van der Waals surface area contributed by atoms with Gasteiger partial charge >= 0.3 is 5.97 Å².